The molecular formula is C24H24N4. The van der Waals surface area contributed by atoms with E-state index in [0.29, 0.717) is 0 Å². The Kier molecular flexibility index (Phi) is 5.59. The summed E-state index contributed by atoms with van der Waals surface area (Å²) < 4.78 is 2.03. The van der Waals surface area contributed by atoms with Gasteiger partial charge in [0.2, 0.25) is 0 Å². The van der Waals surface area contributed by atoms with Gasteiger partial charge >= 0.3 is 0 Å². The fraction of sp³-hybridized carbons (Fsp3) is 0.167. The molecule has 2 heterocycles. The summed E-state index contributed by atoms with van der Waals surface area (Å²) in [4.78, 5) is 4.22. The maximum Gasteiger partial charge on any atom is 0.0968 e. The Hall–Kier alpha value is -3.24. The van der Waals surface area contributed by atoms with Gasteiger partial charge in [-0.3, -0.25) is 9.67 Å². The van der Waals surface area contributed by atoms with Crippen LogP contribution < -0.4 is 5.32 Å². The van der Waals surface area contributed by atoms with E-state index in [1.54, 1.807) is 6.20 Å². The number of benzene rings is 2. The first-order chi connectivity index (χ1) is 13.8. The molecule has 4 nitrogen and oxygen atoms in total. The number of pyridine rings is 1. The second kappa shape index (κ2) is 8.63. The van der Waals surface area contributed by atoms with Crippen LogP contribution in [0, 0.1) is 0 Å². The highest BCUT2D eigenvalue weighted by atomic mass is 15.3. The molecule has 0 aliphatic heterocycles. The van der Waals surface area contributed by atoms with E-state index < -0.39 is 0 Å². The molecule has 0 saturated carbocycles. The minimum Gasteiger partial charge on any atom is -0.306 e. The largest absolute Gasteiger partial charge is 0.306 e. The van der Waals surface area contributed by atoms with Gasteiger partial charge in [0.1, 0.15) is 0 Å². The van der Waals surface area contributed by atoms with Crippen molar-refractivity contribution < 1.29 is 0 Å². The van der Waals surface area contributed by atoms with Gasteiger partial charge in [-0.2, -0.15) is 5.10 Å². The lowest BCUT2D eigenvalue weighted by atomic mass is 10.1. The van der Waals surface area contributed by atoms with Crippen molar-refractivity contribution in [2.45, 2.75) is 26.1 Å². The third-order valence-corrected chi connectivity index (χ3v) is 4.86. The molecule has 4 aromatic rings. The Morgan fingerprint density at radius 3 is 2.39 bits per heavy atom. The van der Waals surface area contributed by atoms with E-state index in [2.05, 4.69) is 78.0 Å². The molecule has 0 aliphatic rings. The summed E-state index contributed by atoms with van der Waals surface area (Å²) in [6, 6.07) is 25.1. The van der Waals surface area contributed by atoms with Crippen LogP contribution in [0.25, 0.3) is 11.3 Å². The van der Waals surface area contributed by atoms with Crippen LogP contribution >= 0.6 is 0 Å². The van der Waals surface area contributed by atoms with E-state index in [9.17, 15) is 0 Å². The normalized spacial score (nSPS) is 12.0. The molecule has 1 atom stereocenters. The molecule has 0 unspecified atom stereocenters. The molecule has 0 radical (unpaired) electrons. The SMILES string of the molecule is C[C@@H](NCc1cn(Cc2ccccc2)nc1-c1ccccc1)c1cccnc1. The summed E-state index contributed by atoms with van der Waals surface area (Å²) >= 11 is 0. The number of nitrogens with one attached hydrogen (secondary N) is 1. The average Bonchev–Trinajstić information content (AvgIpc) is 3.16. The zero-order chi connectivity index (χ0) is 19.2. The van der Waals surface area contributed by atoms with Crippen molar-refractivity contribution in [3.8, 4) is 11.3 Å². The van der Waals surface area contributed by atoms with Crippen molar-refractivity contribution in [2.24, 2.45) is 0 Å². The first-order valence-corrected chi connectivity index (χ1v) is 9.58. The van der Waals surface area contributed by atoms with Crippen molar-refractivity contribution in [3.05, 3.63) is 108 Å². The lowest BCUT2D eigenvalue weighted by Gasteiger charge is -2.13. The van der Waals surface area contributed by atoms with Crippen LogP contribution in [0.1, 0.15) is 29.7 Å². The van der Waals surface area contributed by atoms with Crippen LogP contribution in [0.4, 0.5) is 0 Å². The van der Waals surface area contributed by atoms with Crippen LogP contribution in [0.3, 0.4) is 0 Å². The van der Waals surface area contributed by atoms with Gasteiger partial charge in [0.25, 0.3) is 0 Å². The van der Waals surface area contributed by atoms with E-state index in [-0.39, 0.29) is 6.04 Å². The Labute approximate surface area is 165 Å². The standard InChI is InChI=1S/C24H24N4/c1-19(22-13-8-14-25-15-22)26-16-23-18-28(17-20-9-4-2-5-10-20)27-24(23)21-11-6-3-7-12-21/h2-15,18-19,26H,16-17H2,1H3/t19-/m1/s1. The highest BCUT2D eigenvalue weighted by Gasteiger charge is 2.13. The molecule has 2 aromatic heterocycles. The predicted octanol–water partition coefficient (Wildman–Crippen LogP) is 4.84. The monoisotopic (exact) mass is 368 g/mol. The van der Waals surface area contributed by atoms with Crippen molar-refractivity contribution in [1.82, 2.24) is 20.1 Å². The summed E-state index contributed by atoms with van der Waals surface area (Å²) in [6.07, 6.45) is 5.87. The first-order valence-electron chi connectivity index (χ1n) is 9.58. The Bertz CT molecular complexity index is 995. The van der Waals surface area contributed by atoms with Gasteiger partial charge in [0.05, 0.1) is 12.2 Å². The highest BCUT2D eigenvalue weighted by Crippen LogP contribution is 2.23. The molecular weight excluding hydrogens is 344 g/mol. The maximum absolute atomic E-state index is 4.89. The molecule has 2 aromatic carbocycles. The summed E-state index contributed by atoms with van der Waals surface area (Å²) in [7, 11) is 0. The fourth-order valence-corrected chi connectivity index (χ4v) is 3.30. The summed E-state index contributed by atoms with van der Waals surface area (Å²) in [5, 5.41) is 8.50. The Morgan fingerprint density at radius 1 is 0.929 bits per heavy atom. The average molecular weight is 368 g/mol. The summed E-state index contributed by atoms with van der Waals surface area (Å²) in [5.41, 5.74) is 5.79. The zero-order valence-corrected chi connectivity index (χ0v) is 16.0. The van der Waals surface area contributed by atoms with Crippen LogP contribution in [0.15, 0.2) is 91.4 Å². The second-order valence-corrected chi connectivity index (χ2v) is 6.94. The van der Waals surface area contributed by atoms with E-state index >= 15 is 0 Å². The van der Waals surface area contributed by atoms with E-state index in [0.717, 1.165) is 24.3 Å². The third kappa shape index (κ3) is 4.35. The van der Waals surface area contributed by atoms with Gasteiger partial charge < -0.3 is 5.32 Å². The molecule has 0 amide bonds. The molecule has 140 valence electrons. The van der Waals surface area contributed by atoms with Crippen LogP contribution in [-0.2, 0) is 13.1 Å². The van der Waals surface area contributed by atoms with Crippen molar-refractivity contribution >= 4 is 0 Å². The first kappa shape index (κ1) is 18.1. The lowest BCUT2D eigenvalue weighted by molar-refractivity contribution is 0.573. The molecule has 0 spiro atoms. The number of rotatable bonds is 7. The number of aromatic nitrogens is 3. The number of nitrogens with zero attached hydrogens (tertiary/aromatic N) is 3. The van der Waals surface area contributed by atoms with Crippen molar-refractivity contribution in [1.29, 1.82) is 0 Å². The lowest BCUT2D eigenvalue weighted by Crippen LogP contribution is -2.18. The topological polar surface area (TPSA) is 42.7 Å². The Balaban J connectivity index is 1.57. The maximum atomic E-state index is 4.89. The van der Waals surface area contributed by atoms with Gasteiger partial charge in [-0.1, -0.05) is 66.7 Å². The minimum atomic E-state index is 0.217. The van der Waals surface area contributed by atoms with Crippen molar-refractivity contribution in [3.63, 3.8) is 0 Å². The molecule has 0 saturated heterocycles. The van der Waals surface area contributed by atoms with Gasteiger partial charge in [0.15, 0.2) is 0 Å². The van der Waals surface area contributed by atoms with Gasteiger partial charge in [-0.05, 0) is 24.1 Å². The molecule has 0 aliphatic carbocycles. The third-order valence-electron chi connectivity index (χ3n) is 4.86. The van der Waals surface area contributed by atoms with Crippen molar-refractivity contribution in [2.75, 3.05) is 0 Å². The predicted molar refractivity (Wildman–Crippen MR) is 113 cm³/mol. The summed E-state index contributed by atoms with van der Waals surface area (Å²) in [5.74, 6) is 0. The molecule has 0 fully saturated rings. The quantitative estimate of drug-likeness (QED) is 0.507. The van der Waals surface area contributed by atoms with E-state index in [4.69, 9.17) is 5.10 Å². The fourth-order valence-electron chi connectivity index (χ4n) is 3.30. The van der Waals surface area contributed by atoms with E-state index in [1.165, 1.54) is 16.7 Å². The minimum absolute atomic E-state index is 0.217. The van der Waals surface area contributed by atoms with Gasteiger partial charge in [0, 0.05) is 42.3 Å². The van der Waals surface area contributed by atoms with Gasteiger partial charge in [-0.15, -0.1) is 0 Å². The molecule has 4 heteroatoms. The van der Waals surface area contributed by atoms with E-state index in [1.807, 2.05) is 29.1 Å². The molecule has 1 N–H and O–H groups in total. The number of hydrogen-bond donors (Lipinski definition) is 1. The molecule has 0 bridgehead atoms. The number of hydrogen-bond acceptors (Lipinski definition) is 3. The van der Waals surface area contributed by atoms with Crippen LogP contribution in [0.2, 0.25) is 0 Å². The Morgan fingerprint density at radius 2 is 1.68 bits per heavy atom. The smallest absolute Gasteiger partial charge is 0.0968 e. The highest BCUT2D eigenvalue weighted by molar-refractivity contribution is 5.62. The zero-order valence-electron chi connectivity index (χ0n) is 16.0. The van der Waals surface area contributed by atoms with Crippen LogP contribution in [-0.4, -0.2) is 14.8 Å². The molecule has 28 heavy (non-hydrogen) atoms. The molecule has 4 rings (SSSR count). The van der Waals surface area contributed by atoms with Crippen LogP contribution in [0.5, 0.6) is 0 Å². The van der Waals surface area contributed by atoms with Gasteiger partial charge in [-0.25, -0.2) is 0 Å². The summed E-state index contributed by atoms with van der Waals surface area (Å²) in [6.45, 7) is 3.67. The second-order valence-electron chi connectivity index (χ2n) is 6.94.